The number of phenolic OH excluding ortho intramolecular Hbond substituents is 2. The summed E-state index contributed by atoms with van der Waals surface area (Å²) in [6.45, 7) is 0. The first-order chi connectivity index (χ1) is 10.7. The Morgan fingerprint density at radius 1 is 0.636 bits per heavy atom. The monoisotopic (exact) mass is 286 g/mol. The van der Waals surface area contributed by atoms with E-state index in [1.807, 2.05) is 36.4 Å². The number of phenols is 2. The molecule has 0 heterocycles. The summed E-state index contributed by atoms with van der Waals surface area (Å²) in [7, 11) is 0. The van der Waals surface area contributed by atoms with Crippen molar-refractivity contribution in [1.29, 1.82) is 0 Å². The lowest BCUT2D eigenvalue weighted by molar-refractivity contribution is 0.474. The van der Waals surface area contributed by atoms with Crippen LogP contribution in [-0.2, 0) is 0 Å². The van der Waals surface area contributed by atoms with Crippen LogP contribution in [0.25, 0.3) is 11.1 Å². The molecule has 0 aliphatic rings. The molecule has 0 atom stereocenters. The molecule has 106 valence electrons. The predicted octanol–water partition coefficient (Wildman–Crippen LogP) is 4.16. The second-order valence-electron chi connectivity index (χ2n) is 4.90. The number of benzene rings is 3. The molecule has 2 nitrogen and oxygen atoms in total. The van der Waals surface area contributed by atoms with Gasteiger partial charge in [-0.1, -0.05) is 42.2 Å². The lowest BCUT2D eigenvalue weighted by atomic mass is 9.99. The maximum atomic E-state index is 9.74. The van der Waals surface area contributed by atoms with Gasteiger partial charge < -0.3 is 10.2 Å². The van der Waals surface area contributed by atoms with Crippen LogP contribution >= 0.6 is 0 Å². The molecular formula is C20H14O2. The van der Waals surface area contributed by atoms with Crippen molar-refractivity contribution < 1.29 is 10.2 Å². The van der Waals surface area contributed by atoms with Crippen LogP contribution in [0.2, 0.25) is 0 Å². The Kier molecular flexibility index (Phi) is 3.80. The van der Waals surface area contributed by atoms with Gasteiger partial charge in [-0.2, -0.15) is 0 Å². The van der Waals surface area contributed by atoms with Crippen molar-refractivity contribution in [2.45, 2.75) is 0 Å². The zero-order valence-electron chi connectivity index (χ0n) is 11.8. The third kappa shape index (κ3) is 3.11. The topological polar surface area (TPSA) is 40.5 Å². The zero-order valence-corrected chi connectivity index (χ0v) is 11.8. The van der Waals surface area contributed by atoms with E-state index in [1.54, 1.807) is 36.4 Å². The smallest absolute Gasteiger partial charge is 0.116 e. The standard InChI is InChI=1S/C20H14O2/c21-18-8-4-7-17(13-18)20-14-19(22)12-11-16(20)10-9-15-5-2-1-3-6-15/h1-8,11-14,21-22H. The number of hydrogen-bond acceptors (Lipinski definition) is 2. The second kappa shape index (κ2) is 6.07. The van der Waals surface area contributed by atoms with Gasteiger partial charge in [0.2, 0.25) is 0 Å². The van der Waals surface area contributed by atoms with Gasteiger partial charge in [0, 0.05) is 16.7 Å². The summed E-state index contributed by atoms with van der Waals surface area (Å²) in [5.41, 5.74) is 3.33. The molecule has 0 amide bonds. The second-order valence-corrected chi connectivity index (χ2v) is 4.90. The fourth-order valence-corrected chi connectivity index (χ4v) is 2.21. The normalized spacial score (nSPS) is 9.82. The van der Waals surface area contributed by atoms with E-state index in [-0.39, 0.29) is 11.5 Å². The van der Waals surface area contributed by atoms with Crippen molar-refractivity contribution in [3.05, 3.63) is 83.9 Å². The Hall–Kier alpha value is -3.18. The molecule has 2 N–H and O–H groups in total. The summed E-state index contributed by atoms with van der Waals surface area (Å²) < 4.78 is 0. The van der Waals surface area contributed by atoms with E-state index in [0.29, 0.717) is 0 Å². The molecule has 0 aromatic heterocycles. The fourth-order valence-electron chi connectivity index (χ4n) is 2.21. The highest BCUT2D eigenvalue weighted by Crippen LogP contribution is 2.29. The third-order valence-electron chi connectivity index (χ3n) is 3.28. The minimum Gasteiger partial charge on any atom is -0.508 e. The molecule has 0 spiro atoms. The van der Waals surface area contributed by atoms with Crippen LogP contribution in [0, 0.1) is 11.8 Å². The summed E-state index contributed by atoms with van der Waals surface area (Å²) in [6.07, 6.45) is 0. The fraction of sp³-hybridized carbons (Fsp3) is 0. The molecule has 2 heteroatoms. The summed E-state index contributed by atoms with van der Waals surface area (Å²) in [5.74, 6) is 6.60. The maximum absolute atomic E-state index is 9.74. The molecule has 0 aliphatic heterocycles. The summed E-state index contributed by atoms with van der Waals surface area (Å²) in [4.78, 5) is 0. The lowest BCUT2D eigenvalue weighted by Gasteiger charge is -2.06. The molecule has 3 aromatic carbocycles. The number of rotatable bonds is 1. The lowest BCUT2D eigenvalue weighted by Crippen LogP contribution is -1.85. The van der Waals surface area contributed by atoms with Crippen LogP contribution in [0.4, 0.5) is 0 Å². The molecule has 3 rings (SSSR count). The van der Waals surface area contributed by atoms with Gasteiger partial charge in [-0.3, -0.25) is 0 Å². The molecule has 0 bridgehead atoms. The molecule has 0 saturated heterocycles. The first-order valence-electron chi connectivity index (χ1n) is 6.92. The highest BCUT2D eigenvalue weighted by atomic mass is 16.3. The van der Waals surface area contributed by atoms with Gasteiger partial charge in [0.25, 0.3) is 0 Å². The van der Waals surface area contributed by atoms with Gasteiger partial charge in [0.1, 0.15) is 11.5 Å². The summed E-state index contributed by atoms with van der Waals surface area (Å²) in [5, 5.41) is 19.4. The number of hydrogen-bond donors (Lipinski definition) is 2. The van der Waals surface area contributed by atoms with Crippen molar-refractivity contribution in [3.63, 3.8) is 0 Å². The van der Waals surface area contributed by atoms with E-state index < -0.39 is 0 Å². The van der Waals surface area contributed by atoms with E-state index in [2.05, 4.69) is 11.8 Å². The van der Waals surface area contributed by atoms with Gasteiger partial charge >= 0.3 is 0 Å². The molecule has 0 unspecified atom stereocenters. The van der Waals surface area contributed by atoms with Crippen molar-refractivity contribution in [2.75, 3.05) is 0 Å². The van der Waals surface area contributed by atoms with Crippen LogP contribution in [0.1, 0.15) is 11.1 Å². The Bertz CT molecular complexity index is 856. The largest absolute Gasteiger partial charge is 0.508 e. The molecule has 0 radical (unpaired) electrons. The van der Waals surface area contributed by atoms with Crippen molar-refractivity contribution in [1.82, 2.24) is 0 Å². The van der Waals surface area contributed by atoms with Crippen LogP contribution in [0.15, 0.2) is 72.8 Å². The Morgan fingerprint density at radius 3 is 2.18 bits per heavy atom. The van der Waals surface area contributed by atoms with Gasteiger partial charge in [-0.15, -0.1) is 0 Å². The van der Waals surface area contributed by atoms with Crippen molar-refractivity contribution in [3.8, 4) is 34.5 Å². The van der Waals surface area contributed by atoms with Crippen LogP contribution < -0.4 is 0 Å². The quantitative estimate of drug-likeness (QED) is 0.659. The minimum atomic E-state index is 0.170. The van der Waals surface area contributed by atoms with Gasteiger partial charge in [0.15, 0.2) is 0 Å². The summed E-state index contributed by atoms with van der Waals surface area (Å²) in [6, 6.07) is 21.7. The molecule has 0 saturated carbocycles. The first-order valence-corrected chi connectivity index (χ1v) is 6.92. The minimum absolute atomic E-state index is 0.170. The Morgan fingerprint density at radius 2 is 1.41 bits per heavy atom. The van der Waals surface area contributed by atoms with E-state index in [1.165, 1.54) is 0 Å². The van der Waals surface area contributed by atoms with Crippen molar-refractivity contribution >= 4 is 0 Å². The highest BCUT2D eigenvalue weighted by Gasteiger charge is 2.05. The van der Waals surface area contributed by atoms with Gasteiger partial charge in [-0.25, -0.2) is 0 Å². The Labute approximate surface area is 129 Å². The van der Waals surface area contributed by atoms with Crippen LogP contribution in [-0.4, -0.2) is 10.2 Å². The molecule has 0 fully saturated rings. The average Bonchev–Trinajstić information content (AvgIpc) is 2.54. The first kappa shape index (κ1) is 13.8. The average molecular weight is 286 g/mol. The Balaban J connectivity index is 2.08. The summed E-state index contributed by atoms with van der Waals surface area (Å²) >= 11 is 0. The van der Waals surface area contributed by atoms with E-state index >= 15 is 0 Å². The predicted molar refractivity (Wildman–Crippen MR) is 87.6 cm³/mol. The molecule has 0 aliphatic carbocycles. The molecular weight excluding hydrogens is 272 g/mol. The van der Waals surface area contributed by atoms with E-state index in [9.17, 15) is 10.2 Å². The molecule has 3 aromatic rings. The third-order valence-corrected chi connectivity index (χ3v) is 3.28. The van der Waals surface area contributed by atoms with E-state index in [4.69, 9.17) is 0 Å². The number of aromatic hydroxyl groups is 2. The SMILES string of the molecule is Oc1cccc(-c2cc(O)ccc2C#Cc2ccccc2)c1. The maximum Gasteiger partial charge on any atom is 0.116 e. The molecule has 22 heavy (non-hydrogen) atoms. The highest BCUT2D eigenvalue weighted by molar-refractivity contribution is 5.73. The van der Waals surface area contributed by atoms with Gasteiger partial charge in [0.05, 0.1) is 0 Å². The van der Waals surface area contributed by atoms with Crippen LogP contribution in [0.3, 0.4) is 0 Å². The van der Waals surface area contributed by atoms with Crippen LogP contribution in [0.5, 0.6) is 11.5 Å². The van der Waals surface area contributed by atoms with E-state index in [0.717, 1.165) is 22.3 Å². The zero-order chi connectivity index (χ0) is 15.4. The van der Waals surface area contributed by atoms with Gasteiger partial charge in [-0.05, 0) is 48.0 Å². The van der Waals surface area contributed by atoms with Crippen molar-refractivity contribution in [2.24, 2.45) is 0 Å².